The number of aliphatic hydroxyl groups excluding tert-OH is 1. The molecule has 3 atom stereocenters. The lowest BCUT2D eigenvalue weighted by atomic mass is 10.0. The van der Waals surface area contributed by atoms with Gasteiger partial charge in [-0.25, -0.2) is 9.97 Å². The maximum absolute atomic E-state index is 13.7. The number of aryl methyl sites for hydroxylation is 1. The zero-order valence-corrected chi connectivity index (χ0v) is 25.9. The number of likely N-dealkylation sites (tertiary alicyclic amines) is 1. The van der Waals surface area contributed by atoms with Crippen molar-refractivity contribution in [1.29, 1.82) is 0 Å². The van der Waals surface area contributed by atoms with E-state index in [9.17, 15) is 9.90 Å². The fourth-order valence-corrected chi connectivity index (χ4v) is 7.55. The SMILES string of the molecule is COc1ccc(-c2ccc3cc(-c4nc5cc(C(=O)N6CC7CCC6[C@@H]7N)cc(OC)c5n4C)n(CC4CC4)c3n2)c(CO)c1. The lowest BCUT2D eigenvalue weighted by molar-refractivity contribution is 0.0700. The van der Waals surface area contributed by atoms with Gasteiger partial charge in [-0.15, -0.1) is 0 Å². The molecule has 2 aromatic carbocycles. The number of nitrogens with two attached hydrogens (primary N) is 1. The molecule has 10 heteroatoms. The summed E-state index contributed by atoms with van der Waals surface area (Å²) in [5.41, 5.74) is 12.8. The van der Waals surface area contributed by atoms with E-state index in [0.717, 1.165) is 64.3 Å². The second-order valence-electron chi connectivity index (χ2n) is 12.9. The molecule has 2 unspecified atom stereocenters. The quantitative estimate of drug-likeness (QED) is 0.262. The third kappa shape index (κ3) is 4.49. The van der Waals surface area contributed by atoms with Crippen molar-refractivity contribution in [3.63, 3.8) is 0 Å². The van der Waals surface area contributed by atoms with Gasteiger partial charge in [0.05, 0.1) is 37.7 Å². The summed E-state index contributed by atoms with van der Waals surface area (Å²) in [5.74, 6) is 3.07. The first kappa shape index (κ1) is 28.1. The van der Waals surface area contributed by atoms with E-state index < -0.39 is 0 Å². The van der Waals surface area contributed by atoms with Crippen molar-refractivity contribution >= 4 is 28.0 Å². The van der Waals surface area contributed by atoms with Gasteiger partial charge in [-0.3, -0.25) is 4.79 Å². The van der Waals surface area contributed by atoms with E-state index in [1.165, 1.54) is 12.8 Å². The molecule has 2 aliphatic carbocycles. The molecule has 1 amide bonds. The molecule has 0 radical (unpaired) electrons. The summed E-state index contributed by atoms with van der Waals surface area (Å²) in [6.07, 6.45) is 4.44. The average Bonchev–Trinajstić information content (AvgIpc) is 3.47. The van der Waals surface area contributed by atoms with Crippen LogP contribution in [0.25, 0.3) is 44.8 Å². The number of imidazole rings is 1. The largest absolute Gasteiger partial charge is 0.497 e. The van der Waals surface area contributed by atoms with Crippen LogP contribution < -0.4 is 15.2 Å². The second kappa shape index (κ2) is 10.6. The summed E-state index contributed by atoms with van der Waals surface area (Å²) in [4.78, 5) is 26.0. The summed E-state index contributed by atoms with van der Waals surface area (Å²) in [6.45, 7) is 1.44. The van der Waals surface area contributed by atoms with E-state index in [-0.39, 0.29) is 24.6 Å². The van der Waals surface area contributed by atoms with E-state index in [4.69, 9.17) is 25.2 Å². The Bertz CT molecular complexity index is 1970. The summed E-state index contributed by atoms with van der Waals surface area (Å²) in [5, 5.41) is 11.1. The number of amides is 1. The van der Waals surface area contributed by atoms with Gasteiger partial charge in [-0.2, -0.15) is 0 Å². The predicted molar refractivity (Wildman–Crippen MR) is 172 cm³/mol. The van der Waals surface area contributed by atoms with Crippen molar-refractivity contribution in [2.45, 2.75) is 50.9 Å². The van der Waals surface area contributed by atoms with Crippen LogP contribution in [-0.4, -0.2) is 67.9 Å². The Balaban J connectivity index is 1.24. The fraction of sp³-hybridized carbons (Fsp3) is 0.400. The van der Waals surface area contributed by atoms with Crippen LogP contribution in [0.3, 0.4) is 0 Å². The zero-order valence-electron chi connectivity index (χ0n) is 25.9. The van der Waals surface area contributed by atoms with Crippen molar-refractivity contribution in [2.75, 3.05) is 20.8 Å². The first-order chi connectivity index (χ1) is 21.9. The molecule has 4 heterocycles. The normalized spacial score (nSPS) is 20.9. The van der Waals surface area contributed by atoms with Crippen LogP contribution in [0.4, 0.5) is 0 Å². The summed E-state index contributed by atoms with van der Waals surface area (Å²) in [7, 11) is 5.25. The minimum absolute atomic E-state index is 0.00888. The third-order valence-electron chi connectivity index (χ3n) is 10.2. The highest BCUT2D eigenvalue weighted by Crippen LogP contribution is 2.40. The highest BCUT2D eigenvalue weighted by molar-refractivity contribution is 6.00. The Hall–Kier alpha value is -4.41. The van der Waals surface area contributed by atoms with Gasteiger partial charge in [0.25, 0.3) is 5.91 Å². The third-order valence-corrected chi connectivity index (χ3v) is 10.2. The highest BCUT2D eigenvalue weighted by atomic mass is 16.5. The van der Waals surface area contributed by atoms with Crippen LogP contribution in [0.15, 0.2) is 48.5 Å². The van der Waals surface area contributed by atoms with Crippen molar-refractivity contribution in [1.82, 2.24) is 24.0 Å². The van der Waals surface area contributed by atoms with Crippen LogP contribution in [-0.2, 0) is 20.2 Å². The van der Waals surface area contributed by atoms with Gasteiger partial charge in [-0.05, 0) is 91.6 Å². The van der Waals surface area contributed by atoms with Gasteiger partial charge in [-0.1, -0.05) is 0 Å². The van der Waals surface area contributed by atoms with E-state index in [1.54, 1.807) is 14.2 Å². The molecule has 3 fully saturated rings. The Morgan fingerprint density at radius 3 is 2.56 bits per heavy atom. The van der Waals surface area contributed by atoms with Gasteiger partial charge in [0.15, 0.2) is 5.82 Å². The number of benzene rings is 2. The van der Waals surface area contributed by atoms with Crippen LogP contribution in [0.1, 0.15) is 41.6 Å². The first-order valence-electron chi connectivity index (χ1n) is 15.8. The van der Waals surface area contributed by atoms with Crippen molar-refractivity contribution < 1.29 is 19.4 Å². The molecule has 1 saturated heterocycles. The molecular weight excluding hydrogens is 568 g/mol. The van der Waals surface area contributed by atoms with Gasteiger partial charge < -0.3 is 34.3 Å². The van der Waals surface area contributed by atoms with Crippen LogP contribution in [0, 0.1) is 11.8 Å². The second-order valence-corrected chi connectivity index (χ2v) is 12.9. The Morgan fingerprint density at radius 1 is 1.02 bits per heavy atom. The lowest BCUT2D eigenvalue weighted by Gasteiger charge is -2.27. The lowest BCUT2D eigenvalue weighted by Crippen LogP contribution is -2.41. The van der Waals surface area contributed by atoms with Crippen molar-refractivity contribution in [2.24, 2.45) is 24.6 Å². The first-order valence-corrected chi connectivity index (χ1v) is 15.8. The monoisotopic (exact) mass is 606 g/mol. The highest BCUT2D eigenvalue weighted by Gasteiger charge is 2.47. The fourth-order valence-electron chi connectivity index (χ4n) is 7.55. The molecular formula is C35H38N6O4. The Morgan fingerprint density at radius 2 is 1.87 bits per heavy atom. The molecule has 1 aliphatic heterocycles. The van der Waals surface area contributed by atoms with Gasteiger partial charge in [0.1, 0.15) is 22.7 Å². The summed E-state index contributed by atoms with van der Waals surface area (Å²) in [6, 6.07) is 15.8. The molecule has 3 N–H and O–H groups in total. The molecule has 2 saturated carbocycles. The molecule has 5 aromatic rings. The van der Waals surface area contributed by atoms with Gasteiger partial charge >= 0.3 is 0 Å². The molecule has 3 aliphatic rings. The molecule has 0 spiro atoms. The number of fused-ring (bicyclic) bond motifs is 4. The number of ether oxygens (including phenoxy) is 2. The molecule has 45 heavy (non-hydrogen) atoms. The number of methoxy groups -OCH3 is 2. The Labute approximate surface area is 261 Å². The number of aromatic nitrogens is 4. The topological polar surface area (TPSA) is 121 Å². The number of pyridine rings is 1. The number of carbonyl (C=O) groups excluding carboxylic acids is 1. The van der Waals surface area contributed by atoms with E-state index in [1.807, 2.05) is 48.3 Å². The van der Waals surface area contributed by atoms with E-state index in [2.05, 4.69) is 21.3 Å². The van der Waals surface area contributed by atoms with Gasteiger partial charge in [0.2, 0.25) is 0 Å². The maximum atomic E-state index is 13.7. The maximum Gasteiger partial charge on any atom is 0.254 e. The summed E-state index contributed by atoms with van der Waals surface area (Å²) >= 11 is 0. The summed E-state index contributed by atoms with van der Waals surface area (Å²) < 4.78 is 15.6. The molecule has 2 bridgehead atoms. The van der Waals surface area contributed by atoms with Crippen molar-refractivity contribution in [3.05, 3.63) is 59.7 Å². The standard InChI is InChI=1S/C35H38N6O4/c1-39-32-27(13-22(15-30(32)45-3)35(43)41-17-21-7-11-28(41)31(21)36)38-34(39)29-14-20-6-10-26(37-33(20)40(29)16-19-4-5-19)25-9-8-24(44-2)12-23(25)18-42/h6,8-10,12-15,19,21,28,31,42H,4-5,7,11,16-18,36H2,1-3H3/t21?,28?,31-/m1/s1. The number of hydrogen-bond acceptors (Lipinski definition) is 7. The number of carbonyl (C=O) groups is 1. The smallest absolute Gasteiger partial charge is 0.254 e. The predicted octanol–water partition coefficient (Wildman–Crippen LogP) is 4.74. The van der Waals surface area contributed by atoms with E-state index >= 15 is 0 Å². The Kier molecular flexibility index (Phi) is 6.61. The van der Waals surface area contributed by atoms with Crippen LogP contribution in [0.2, 0.25) is 0 Å². The van der Waals surface area contributed by atoms with Crippen molar-refractivity contribution in [3.8, 4) is 34.3 Å². The molecule has 3 aromatic heterocycles. The number of hydrogen-bond donors (Lipinski definition) is 2. The minimum atomic E-state index is -0.113. The zero-order chi connectivity index (χ0) is 31.0. The minimum Gasteiger partial charge on any atom is -0.497 e. The van der Waals surface area contributed by atoms with Crippen LogP contribution >= 0.6 is 0 Å². The number of nitrogens with zero attached hydrogens (tertiary/aromatic N) is 5. The molecule has 10 nitrogen and oxygen atoms in total. The number of piperidine rings is 1. The molecule has 8 rings (SSSR count). The molecule has 232 valence electrons. The number of rotatable bonds is 8. The van der Waals surface area contributed by atoms with Gasteiger partial charge in [0, 0.05) is 48.7 Å². The van der Waals surface area contributed by atoms with Crippen LogP contribution in [0.5, 0.6) is 11.5 Å². The number of aliphatic hydroxyl groups is 1. The average molecular weight is 607 g/mol. The van der Waals surface area contributed by atoms with E-state index in [0.29, 0.717) is 41.0 Å².